The molecule has 106 valence electrons. The SMILES string of the molecule is CN(Cc1ccccn1)c1ncc(C(F)(F)F)cc1Br. The Kier molecular flexibility index (Phi) is 4.27. The van der Waals surface area contributed by atoms with E-state index >= 15 is 0 Å². The van der Waals surface area contributed by atoms with Gasteiger partial charge in [-0.3, -0.25) is 4.98 Å². The summed E-state index contributed by atoms with van der Waals surface area (Å²) < 4.78 is 38.0. The lowest BCUT2D eigenvalue weighted by Crippen LogP contribution is -2.19. The van der Waals surface area contributed by atoms with Crippen LogP contribution in [0.15, 0.2) is 41.1 Å². The van der Waals surface area contributed by atoms with E-state index in [0.717, 1.165) is 18.0 Å². The van der Waals surface area contributed by atoms with Gasteiger partial charge >= 0.3 is 6.18 Å². The Hall–Kier alpha value is -1.63. The molecule has 0 spiro atoms. The van der Waals surface area contributed by atoms with E-state index in [0.29, 0.717) is 16.8 Å². The second-order valence-corrected chi connectivity index (χ2v) is 5.06. The fourth-order valence-electron chi connectivity index (χ4n) is 1.68. The van der Waals surface area contributed by atoms with Crippen LogP contribution in [-0.2, 0) is 12.7 Å². The molecule has 0 N–H and O–H groups in total. The van der Waals surface area contributed by atoms with Crippen molar-refractivity contribution in [1.82, 2.24) is 9.97 Å². The molecule has 0 bridgehead atoms. The first-order chi connectivity index (χ1) is 9.38. The second kappa shape index (κ2) is 5.78. The number of alkyl halides is 3. The molecule has 0 radical (unpaired) electrons. The van der Waals surface area contributed by atoms with Crippen molar-refractivity contribution in [2.75, 3.05) is 11.9 Å². The smallest absolute Gasteiger partial charge is 0.353 e. The Morgan fingerprint density at radius 3 is 2.55 bits per heavy atom. The fraction of sp³-hybridized carbons (Fsp3) is 0.231. The highest BCUT2D eigenvalue weighted by atomic mass is 79.9. The predicted octanol–water partition coefficient (Wildman–Crippen LogP) is 3.89. The van der Waals surface area contributed by atoms with E-state index in [4.69, 9.17) is 0 Å². The summed E-state index contributed by atoms with van der Waals surface area (Å²) in [5.74, 6) is 0.434. The van der Waals surface area contributed by atoms with Crippen LogP contribution >= 0.6 is 15.9 Å². The minimum Gasteiger partial charge on any atom is -0.353 e. The van der Waals surface area contributed by atoms with Crippen molar-refractivity contribution < 1.29 is 13.2 Å². The molecular weight excluding hydrogens is 335 g/mol. The molecule has 2 heterocycles. The van der Waals surface area contributed by atoms with E-state index in [2.05, 4.69) is 25.9 Å². The Balaban J connectivity index is 2.21. The van der Waals surface area contributed by atoms with Gasteiger partial charge in [0.1, 0.15) is 5.82 Å². The van der Waals surface area contributed by atoms with Crippen molar-refractivity contribution >= 4 is 21.7 Å². The highest BCUT2D eigenvalue weighted by Crippen LogP contribution is 2.33. The van der Waals surface area contributed by atoms with Crippen LogP contribution in [0, 0.1) is 0 Å². The number of hydrogen-bond acceptors (Lipinski definition) is 3. The zero-order valence-corrected chi connectivity index (χ0v) is 12.1. The van der Waals surface area contributed by atoms with Crippen LogP contribution in [0.4, 0.5) is 19.0 Å². The largest absolute Gasteiger partial charge is 0.417 e. The third-order valence-corrected chi connectivity index (χ3v) is 3.22. The lowest BCUT2D eigenvalue weighted by atomic mass is 10.2. The summed E-state index contributed by atoms with van der Waals surface area (Å²) in [5, 5.41) is 0. The van der Waals surface area contributed by atoms with Crippen molar-refractivity contribution in [3.05, 3.63) is 52.4 Å². The minimum absolute atomic E-state index is 0.297. The summed E-state index contributed by atoms with van der Waals surface area (Å²) in [7, 11) is 1.75. The molecule has 2 rings (SSSR count). The highest BCUT2D eigenvalue weighted by molar-refractivity contribution is 9.10. The Labute approximate surface area is 122 Å². The van der Waals surface area contributed by atoms with Gasteiger partial charge in [-0.1, -0.05) is 6.07 Å². The molecule has 0 aliphatic heterocycles. The zero-order valence-electron chi connectivity index (χ0n) is 10.5. The van der Waals surface area contributed by atoms with Crippen LogP contribution in [0.5, 0.6) is 0 Å². The summed E-state index contributed by atoms with van der Waals surface area (Å²) in [6.07, 6.45) is -1.90. The lowest BCUT2D eigenvalue weighted by molar-refractivity contribution is -0.137. The van der Waals surface area contributed by atoms with E-state index in [1.165, 1.54) is 0 Å². The summed E-state index contributed by atoms with van der Waals surface area (Å²) >= 11 is 3.13. The van der Waals surface area contributed by atoms with Gasteiger partial charge in [-0.05, 0) is 34.1 Å². The van der Waals surface area contributed by atoms with Gasteiger partial charge in [-0.25, -0.2) is 4.98 Å². The molecule has 0 fully saturated rings. The van der Waals surface area contributed by atoms with Crippen molar-refractivity contribution in [3.63, 3.8) is 0 Å². The topological polar surface area (TPSA) is 29.0 Å². The highest BCUT2D eigenvalue weighted by Gasteiger charge is 2.31. The standard InChI is InChI=1S/C13H11BrF3N3/c1-20(8-10-4-2-3-5-18-10)12-11(14)6-9(7-19-12)13(15,16)17/h2-7H,8H2,1H3. The molecule has 0 aliphatic carbocycles. The summed E-state index contributed by atoms with van der Waals surface area (Å²) in [6.45, 7) is 0.456. The van der Waals surface area contributed by atoms with Gasteiger partial charge in [0.05, 0.1) is 22.3 Å². The Morgan fingerprint density at radius 2 is 2.00 bits per heavy atom. The van der Waals surface area contributed by atoms with Gasteiger partial charge in [-0.2, -0.15) is 13.2 Å². The first-order valence-electron chi connectivity index (χ1n) is 5.71. The van der Waals surface area contributed by atoms with Crippen LogP contribution < -0.4 is 4.90 Å². The third kappa shape index (κ3) is 3.47. The normalized spacial score (nSPS) is 11.4. The van der Waals surface area contributed by atoms with E-state index in [1.54, 1.807) is 24.2 Å². The van der Waals surface area contributed by atoms with Crippen molar-refractivity contribution in [3.8, 4) is 0 Å². The Bertz CT molecular complexity index is 587. The van der Waals surface area contributed by atoms with E-state index in [1.807, 2.05) is 12.1 Å². The molecule has 0 amide bonds. The second-order valence-electron chi connectivity index (χ2n) is 4.20. The number of rotatable bonds is 3. The predicted molar refractivity (Wildman–Crippen MR) is 73.3 cm³/mol. The van der Waals surface area contributed by atoms with Crippen LogP contribution in [0.2, 0.25) is 0 Å². The average molecular weight is 346 g/mol. The first kappa shape index (κ1) is 14.8. The number of hydrogen-bond donors (Lipinski definition) is 0. The van der Waals surface area contributed by atoms with E-state index in [-0.39, 0.29) is 0 Å². The van der Waals surface area contributed by atoms with Crippen molar-refractivity contribution in [2.24, 2.45) is 0 Å². The maximum atomic E-state index is 12.6. The molecular formula is C13H11BrF3N3. The summed E-state index contributed by atoms with van der Waals surface area (Å²) in [4.78, 5) is 9.77. The minimum atomic E-state index is -4.40. The van der Waals surface area contributed by atoms with Gasteiger partial charge in [-0.15, -0.1) is 0 Å². The fourth-order valence-corrected chi connectivity index (χ4v) is 2.33. The van der Waals surface area contributed by atoms with Crippen molar-refractivity contribution in [1.29, 1.82) is 0 Å². The molecule has 0 saturated carbocycles. The molecule has 2 aromatic rings. The van der Waals surface area contributed by atoms with Crippen LogP contribution in [0.25, 0.3) is 0 Å². The van der Waals surface area contributed by atoms with Crippen LogP contribution in [0.3, 0.4) is 0 Å². The average Bonchev–Trinajstić information content (AvgIpc) is 2.38. The van der Waals surface area contributed by atoms with Crippen LogP contribution in [0.1, 0.15) is 11.3 Å². The van der Waals surface area contributed by atoms with E-state index < -0.39 is 11.7 Å². The molecule has 20 heavy (non-hydrogen) atoms. The number of pyridine rings is 2. The van der Waals surface area contributed by atoms with Gasteiger partial charge in [0.15, 0.2) is 0 Å². The monoisotopic (exact) mass is 345 g/mol. The zero-order chi connectivity index (χ0) is 14.8. The number of aromatic nitrogens is 2. The Morgan fingerprint density at radius 1 is 1.25 bits per heavy atom. The van der Waals surface area contributed by atoms with Crippen molar-refractivity contribution in [2.45, 2.75) is 12.7 Å². The maximum Gasteiger partial charge on any atom is 0.417 e. The molecule has 2 aromatic heterocycles. The first-order valence-corrected chi connectivity index (χ1v) is 6.51. The summed E-state index contributed by atoms with van der Waals surface area (Å²) in [6, 6.07) is 6.52. The number of nitrogens with zero attached hydrogens (tertiary/aromatic N) is 3. The van der Waals surface area contributed by atoms with E-state index in [9.17, 15) is 13.2 Å². The molecule has 0 aromatic carbocycles. The molecule has 0 unspecified atom stereocenters. The molecule has 0 atom stereocenters. The molecule has 3 nitrogen and oxygen atoms in total. The lowest BCUT2D eigenvalue weighted by Gasteiger charge is -2.19. The van der Waals surface area contributed by atoms with Gasteiger partial charge in [0.25, 0.3) is 0 Å². The maximum absolute atomic E-state index is 12.6. The van der Waals surface area contributed by atoms with Gasteiger partial charge in [0, 0.05) is 19.4 Å². The van der Waals surface area contributed by atoms with Gasteiger partial charge < -0.3 is 4.90 Å². The molecule has 7 heteroatoms. The van der Waals surface area contributed by atoms with Gasteiger partial charge in [0.2, 0.25) is 0 Å². The number of anilines is 1. The van der Waals surface area contributed by atoms with Crippen LogP contribution in [-0.4, -0.2) is 17.0 Å². The summed E-state index contributed by atoms with van der Waals surface area (Å²) in [5.41, 5.74) is 0.0305. The molecule has 0 aliphatic rings. The number of halogens is 4. The molecule has 0 saturated heterocycles. The third-order valence-electron chi connectivity index (χ3n) is 2.64. The quantitative estimate of drug-likeness (QED) is 0.844.